The predicted molar refractivity (Wildman–Crippen MR) is 108 cm³/mol. The first-order valence-corrected chi connectivity index (χ1v) is 9.92. The molecule has 0 bridgehead atoms. The van der Waals surface area contributed by atoms with E-state index in [9.17, 15) is 19.8 Å². The van der Waals surface area contributed by atoms with Gasteiger partial charge in [-0.25, -0.2) is 4.79 Å². The zero-order chi connectivity index (χ0) is 19.9. The van der Waals surface area contributed by atoms with E-state index in [0.717, 1.165) is 5.56 Å². The van der Waals surface area contributed by atoms with Gasteiger partial charge in [-0.05, 0) is 12.5 Å². The highest BCUT2D eigenvalue weighted by Gasteiger charge is 2.60. The summed E-state index contributed by atoms with van der Waals surface area (Å²) in [6.45, 7) is 4.06. The molecule has 3 rings (SSSR count). The molecule has 1 fully saturated rings. The number of thioether (sulfide) groups is 1. The molecule has 1 aromatic carbocycles. The molecule has 0 aliphatic carbocycles. The van der Waals surface area contributed by atoms with Gasteiger partial charge in [0, 0.05) is 24.4 Å². The number of carboxylic acids is 1. The van der Waals surface area contributed by atoms with Gasteiger partial charge in [0.2, 0.25) is 5.91 Å². The van der Waals surface area contributed by atoms with E-state index in [-0.39, 0.29) is 23.6 Å². The van der Waals surface area contributed by atoms with Crippen LogP contribution in [0.1, 0.15) is 19.4 Å². The van der Waals surface area contributed by atoms with Gasteiger partial charge >= 0.3 is 5.97 Å². The number of carbonyl (C=O) groups is 2. The first kappa shape index (κ1) is 19.9. The van der Waals surface area contributed by atoms with E-state index >= 15 is 0 Å². The summed E-state index contributed by atoms with van der Waals surface area (Å²) in [6.07, 6.45) is -0.812. The summed E-state index contributed by atoms with van der Waals surface area (Å²) < 4.78 is 0.544. The van der Waals surface area contributed by atoms with Gasteiger partial charge in [0.25, 0.3) is 0 Å². The van der Waals surface area contributed by atoms with Crippen LogP contribution in [0.15, 0.2) is 40.9 Å². The van der Waals surface area contributed by atoms with E-state index in [1.807, 2.05) is 49.2 Å². The minimum Gasteiger partial charge on any atom is -0.477 e. The van der Waals surface area contributed by atoms with Crippen molar-refractivity contribution in [1.29, 1.82) is 0 Å². The monoisotopic (exact) mass is 406 g/mol. The number of hydrogen-bond acceptors (Lipinski definition) is 5. The summed E-state index contributed by atoms with van der Waals surface area (Å²) in [5, 5.41) is 19.6. The standard InChI is InChI=1S/C19H22N2O4S2/c1-10-14-13(11(2)22)17(23)21(14)15(18(24)25)16(10)27-19(26)20(3)9-12-7-5-4-6-8-12/h4-8,10-11,13-14,22H,9H2,1-3H3,(H,24,25)/t10-,11-,13-,14-/m1/s1. The van der Waals surface area contributed by atoms with Crippen molar-refractivity contribution in [3.05, 3.63) is 46.5 Å². The van der Waals surface area contributed by atoms with E-state index in [2.05, 4.69) is 0 Å². The van der Waals surface area contributed by atoms with E-state index in [1.165, 1.54) is 16.7 Å². The lowest BCUT2D eigenvalue weighted by molar-refractivity contribution is -0.163. The Labute approximate surface area is 167 Å². The third-order valence-corrected chi connectivity index (χ3v) is 6.92. The fraction of sp³-hybridized carbons (Fsp3) is 0.421. The van der Waals surface area contributed by atoms with Crippen molar-refractivity contribution in [2.45, 2.75) is 32.5 Å². The SMILES string of the molecule is C[C@@H](O)[C@H]1C(=O)N2C(C(=O)O)=C(SC(=S)N(C)Cc3ccccc3)[C@H](C)[C@H]12. The number of benzene rings is 1. The van der Waals surface area contributed by atoms with Crippen molar-refractivity contribution in [2.75, 3.05) is 7.05 Å². The van der Waals surface area contributed by atoms with Crippen molar-refractivity contribution in [1.82, 2.24) is 9.80 Å². The Kier molecular flexibility index (Phi) is 5.60. The molecule has 2 aliphatic rings. The number of carboxylic acid groups (broad SMARTS) is 1. The third kappa shape index (κ3) is 3.49. The number of aliphatic hydroxyl groups is 1. The van der Waals surface area contributed by atoms with Crippen LogP contribution in [0.2, 0.25) is 0 Å². The van der Waals surface area contributed by atoms with E-state index in [4.69, 9.17) is 12.2 Å². The lowest BCUT2D eigenvalue weighted by Crippen LogP contribution is -2.63. The lowest BCUT2D eigenvalue weighted by Gasteiger charge is -2.46. The number of fused-ring (bicyclic) bond motifs is 1. The summed E-state index contributed by atoms with van der Waals surface area (Å²) in [5.41, 5.74) is 1.10. The van der Waals surface area contributed by atoms with Gasteiger partial charge in [-0.3, -0.25) is 4.79 Å². The zero-order valence-corrected chi connectivity index (χ0v) is 17.0. The molecule has 0 radical (unpaired) electrons. The van der Waals surface area contributed by atoms with Crippen LogP contribution in [-0.4, -0.2) is 55.4 Å². The van der Waals surface area contributed by atoms with Gasteiger partial charge in [0.1, 0.15) is 10.0 Å². The molecule has 1 aromatic rings. The Hall–Kier alpha value is -1.90. The van der Waals surface area contributed by atoms with Gasteiger partial charge in [0.05, 0.1) is 18.1 Å². The van der Waals surface area contributed by atoms with Crippen LogP contribution in [-0.2, 0) is 16.1 Å². The molecule has 0 spiro atoms. The smallest absolute Gasteiger partial charge is 0.353 e. The van der Waals surface area contributed by atoms with Crippen molar-refractivity contribution < 1.29 is 19.8 Å². The largest absolute Gasteiger partial charge is 0.477 e. The number of hydrogen-bond donors (Lipinski definition) is 2. The quantitative estimate of drug-likeness (QED) is 0.574. The Morgan fingerprint density at radius 2 is 2.00 bits per heavy atom. The maximum absolute atomic E-state index is 12.4. The van der Waals surface area contributed by atoms with Crippen molar-refractivity contribution in [2.24, 2.45) is 11.8 Å². The van der Waals surface area contributed by atoms with Crippen LogP contribution in [0.3, 0.4) is 0 Å². The maximum Gasteiger partial charge on any atom is 0.353 e. The van der Waals surface area contributed by atoms with Gasteiger partial charge in [-0.15, -0.1) is 0 Å². The normalized spacial score (nSPS) is 25.1. The summed E-state index contributed by atoms with van der Waals surface area (Å²) in [5.74, 6) is -2.24. The van der Waals surface area contributed by atoms with Crippen molar-refractivity contribution in [3.8, 4) is 0 Å². The number of β-lactam (4-membered cyclic amide) rings is 1. The van der Waals surface area contributed by atoms with Crippen LogP contribution in [0.25, 0.3) is 0 Å². The Morgan fingerprint density at radius 1 is 1.37 bits per heavy atom. The molecular weight excluding hydrogens is 384 g/mol. The van der Waals surface area contributed by atoms with Crippen LogP contribution in [0.5, 0.6) is 0 Å². The maximum atomic E-state index is 12.4. The third-order valence-electron chi connectivity index (χ3n) is 5.08. The molecule has 8 heteroatoms. The second-order valence-corrected chi connectivity index (χ2v) is 8.66. The number of rotatable bonds is 5. The number of amides is 1. The van der Waals surface area contributed by atoms with Crippen LogP contribution in [0, 0.1) is 11.8 Å². The zero-order valence-electron chi connectivity index (χ0n) is 15.3. The molecule has 4 atom stereocenters. The molecule has 144 valence electrons. The first-order chi connectivity index (χ1) is 12.7. The molecule has 0 unspecified atom stereocenters. The molecule has 27 heavy (non-hydrogen) atoms. The molecule has 1 saturated heterocycles. The Morgan fingerprint density at radius 3 is 2.56 bits per heavy atom. The van der Waals surface area contributed by atoms with Gasteiger partial charge in [0.15, 0.2) is 0 Å². The Balaban J connectivity index is 1.79. The average Bonchev–Trinajstić information content (AvgIpc) is 2.84. The summed E-state index contributed by atoms with van der Waals surface area (Å²) in [7, 11) is 1.86. The van der Waals surface area contributed by atoms with Crippen molar-refractivity contribution >= 4 is 40.2 Å². The number of thiocarbonyl (C=S) groups is 1. The molecule has 2 N–H and O–H groups in total. The molecule has 2 aliphatic heterocycles. The minimum atomic E-state index is -1.14. The number of nitrogens with zero attached hydrogens (tertiary/aromatic N) is 2. The van der Waals surface area contributed by atoms with E-state index in [1.54, 1.807) is 6.92 Å². The van der Waals surface area contributed by atoms with Gasteiger partial charge in [-0.2, -0.15) is 0 Å². The number of carbonyl (C=O) groups excluding carboxylic acids is 1. The highest BCUT2D eigenvalue weighted by molar-refractivity contribution is 8.25. The number of aliphatic hydroxyl groups excluding tert-OH is 1. The van der Waals surface area contributed by atoms with Gasteiger partial charge in [-0.1, -0.05) is 61.2 Å². The molecule has 0 aromatic heterocycles. The van der Waals surface area contributed by atoms with Gasteiger partial charge < -0.3 is 20.0 Å². The van der Waals surface area contributed by atoms with Crippen LogP contribution in [0.4, 0.5) is 0 Å². The number of aliphatic carboxylic acids is 1. The lowest BCUT2D eigenvalue weighted by atomic mass is 9.79. The summed E-state index contributed by atoms with van der Waals surface area (Å²) in [4.78, 5) is 28.0. The van der Waals surface area contributed by atoms with Crippen molar-refractivity contribution in [3.63, 3.8) is 0 Å². The summed E-state index contributed by atoms with van der Waals surface area (Å²) >= 11 is 6.75. The molecular formula is C19H22N2O4S2. The molecule has 1 amide bonds. The second kappa shape index (κ2) is 7.61. The molecule has 2 heterocycles. The average molecular weight is 407 g/mol. The van der Waals surface area contributed by atoms with E-state index in [0.29, 0.717) is 15.8 Å². The topological polar surface area (TPSA) is 81.1 Å². The predicted octanol–water partition coefficient (Wildman–Crippen LogP) is 2.29. The molecule has 6 nitrogen and oxygen atoms in total. The van der Waals surface area contributed by atoms with Crippen LogP contribution < -0.4 is 0 Å². The first-order valence-electron chi connectivity index (χ1n) is 8.69. The fourth-order valence-corrected chi connectivity index (χ4v) is 5.10. The summed E-state index contributed by atoms with van der Waals surface area (Å²) in [6, 6.07) is 9.53. The Bertz CT molecular complexity index is 809. The highest BCUT2D eigenvalue weighted by Crippen LogP contribution is 2.50. The highest BCUT2D eigenvalue weighted by atomic mass is 32.2. The second-order valence-electron chi connectivity index (χ2n) is 6.98. The minimum absolute atomic E-state index is 0.00476. The fourth-order valence-electron chi connectivity index (χ4n) is 3.75. The van der Waals surface area contributed by atoms with E-state index < -0.39 is 18.0 Å². The molecule has 0 saturated carbocycles. The van der Waals surface area contributed by atoms with Crippen LogP contribution >= 0.6 is 24.0 Å².